The van der Waals surface area contributed by atoms with Crippen LogP contribution in [0.2, 0.25) is 0 Å². The lowest BCUT2D eigenvalue weighted by molar-refractivity contribution is 0.111. The molecule has 0 amide bonds. The van der Waals surface area contributed by atoms with Crippen molar-refractivity contribution >= 4 is 17.8 Å². The largest absolute Gasteiger partial charge is 0.355 e. The molecule has 2 rings (SSSR count). The molecule has 2 heterocycles. The van der Waals surface area contributed by atoms with E-state index in [1.54, 1.807) is 0 Å². The average molecular weight is 273 g/mol. The maximum absolute atomic E-state index is 11.5. The van der Waals surface area contributed by atoms with Crippen LogP contribution in [0.15, 0.2) is 24.4 Å². The number of aromatic nitrogens is 2. The SMILES string of the molecule is CCC(CC)CN(CC)c1nc2ccccn2c1C=O. The first kappa shape index (κ1) is 14.6. The van der Waals surface area contributed by atoms with Gasteiger partial charge in [0.15, 0.2) is 12.1 Å². The molecule has 20 heavy (non-hydrogen) atoms. The van der Waals surface area contributed by atoms with E-state index in [1.807, 2.05) is 28.8 Å². The third kappa shape index (κ3) is 2.69. The number of aldehydes is 1. The van der Waals surface area contributed by atoms with Crippen LogP contribution in [0.3, 0.4) is 0 Å². The van der Waals surface area contributed by atoms with Crippen LogP contribution in [0.1, 0.15) is 44.1 Å². The minimum atomic E-state index is 0.638. The zero-order valence-electron chi connectivity index (χ0n) is 12.5. The van der Waals surface area contributed by atoms with Crippen molar-refractivity contribution in [2.45, 2.75) is 33.6 Å². The summed E-state index contributed by atoms with van der Waals surface area (Å²) >= 11 is 0. The van der Waals surface area contributed by atoms with Gasteiger partial charge in [0.1, 0.15) is 11.3 Å². The van der Waals surface area contributed by atoms with Gasteiger partial charge in [0.2, 0.25) is 0 Å². The van der Waals surface area contributed by atoms with Gasteiger partial charge >= 0.3 is 0 Å². The minimum absolute atomic E-state index is 0.638. The molecule has 0 spiro atoms. The molecule has 2 aromatic heterocycles. The zero-order valence-corrected chi connectivity index (χ0v) is 12.5. The normalized spacial score (nSPS) is 11.2. The molecule has 0 fully saturated rings. The van der Waals surface area contributed by atoms with Gasteiger partial charge in [0.25, 0.3) is 0 Å². The summed E-state index contributed by atoms with van der Waals surface area (Å²) in [6.45, 7) is 8.36. The van der Waals surface area contributed by atoms with Crippen molar-refractivity contribution in [2.24, 2.45) is 5.92 Å². The van der Waals surface area contributed by atoms with Crippen molar-refractivity contribution in [2.75, 3.05) is 18.0 Å². The maximum Gasteiger partial charge on any atom is 0.170 e. The maximum atomic E-state index is 11.5. The quantitative estimate of drug-likeness (QED) is 0.725. The Bertz CT molecular complexity index is 572. The highest BCUT2D eigenvalue weighted by Gasteiger charge is 2.18. The third-order valence-corrected chi connectivity index (χ3v) is 3.97. The molecule has 4 nitrogen and oxygen atoms in total. The summed E-state index contributed by atoms with van der Waals surface area (Å²) in [5.41, 5.74) is 1.47. The van der Waals surface area contributed by atoms with Crippen molar-refractivity contribution in [1.29, 1.82) is 0 Å². The van der Waals surface area contributed by atoms with Crippen molar-refractivity contribution < 1.29 is 4.79 Å². The van der Waals surface area contributed by atoms with E-state index in [4.69, 9.17) is 0 Å². The molecule has 0 aliphatic rings. The lowest BCUT2D eigenvalue weighted by atomic mass is 10.0. The molecular weight excluding hydrogens is 250 g/mol. The fourth-order valence-electron chi connectivity index (χ4n) is 2.57. The first-order valence-electron chi connectivity index (χ1n) is 7.42. The number of nitrogens with zero attached hydrogens (tertiary/aromatic N) is 3. The smallest absolute Gasteiger partial charge is 0.170 e. The Kier molecular flexibility index (Phi) is 4.77. The number of carbonyl (C=O) groups is 1. The summed E-state index contributed by atoms with van der Waals surface area (Å²) in [6, 6.07) is 5.79. The first-order chi connectivity index (χ1) is 9.74. The van der Waals surface area contributed by atoms with E-state index in [9.17, 15) is 4.79 Å². The number of hydrogen-bond acceptors (Lipinski definition) is 3. The van der Waals surface area contributed by atoms with E-state index in [1.165, 1.54) is 0 Å². The van der Waals surface area contributed by atoms with E-state index >= 15 is 0 Å². The summed E-state index contributed by atoms with van der Waals surface area (Å²) in [7, 11) is 0. The summed E-state index contributed by atoms with van der Waals surface area (Å²) in [6.07, 6.45) is 5.10. The van der Waals surface area contributed by atoms with E-state index in [0.717, 1.165) is 43.7 Å². The Balaban J connectivity index is 2.40. The predicted molar refractivity (Wildman–Crippen MR) is 82.5 cm³/mol. The topological polar surface area (TPSA) is 37.6 Å². The number of imidazole rings is 1. The number of rotatable bonds is 7. The number of pyridine rings is 1. The van der Waals surface area contributed by atoms with Gasteiger partial charge in [-0.15, -0.1) is 0 Å². The third-order valence-electron chi connectivity index (χ3n) is 3.97. The van der Waals surface area contributed by atoms with Gasteiger partial charge in [0, 0.05) is 19.3 Å². The van der Waals surface area contributed by atoms with Crippen LogP contribution < -0.4 is 4.90 Å². The fourth-order valence-corrected chi connectivity index (χ4v) is 2.57. The second-order valence-corrected chi connectivity index (χ2v) is 5.09. The molecule has 0 bridgehead atoms. The van der Waals surface area contributed by atoms with E-state index < -0.39 is 0 Å². The Morgan fingerprint density at radius 3 is 2.65 bits per heavy atom. The summed E-state index contributed by atoms with van der Waals surface area (Å²) in [5, 5.41) is 0. The molecule has 108 valence electrons. The monoisotopic (exact) mass is 273 g/mol. The van der Waals surface area contributed by atoms with Crippen LogP contribution in [-0.4, -0.2) is 28.8 Å². The molecule has 0 aliphatic heterocycles. The van der Waals surface area contributed by atoms with Gasteiger partial charge in [-0.2, -0.15) is 0 Å². The van der Waals surface area contributed by atoms with Gasteiger partial charge < -0.3 is 4.90 Å². The van der Waals surface area contributed by atoms with Crippen LogP contribution in [0.5, 0.6) is 0 Å². The summed E-state index contributed by atoms with van der Waals surface area (Å²) in [4.78, 5) is 18.3. The Hall–Kier alpha value is -1.84. The molecule has 0 saturated carbocycles. The van der Waals surface area contributed by atoms with Gasteiger partial charge in [-0.1, -0.05) is 32.8 Å². The molecular formula is C16H23N3O. The van der Waals surface area contributed by atoms with Crippen LogP contribution in [0.25, 0.3) is 5.65 Å². The average Bonchev–Trinajstić information content (AvgIpc) is 2.87. The number of hydrogen-bond donors (Lipinski definition) is 0. The lowest BCUT2D eigenvalue weighted by Crippen LogP contribution is -2.30. The molecule has 4 heteroatoms. The van der Waals surface area contributed by atoms with Crippen LogP contribution in [0.4, 0.5) is 5.82 Å². The minimum Gasteiger partial charge on any atom is -0.355 e. The molecule has 0 saturated heterocycles. The van der Waals surface area contributed by atoms with E-state index in [0.29, 0.717) is 11.6 Å². The van der Waals surface area contributed by atoms with Crippen molar-refractivity contribution in [3.63, 3.8) is 0 Å². The fraction of sp³-hybridized carbons (Fsp3) is 0.500. The second kappa shape index (κ2) is 6.55. The highest BCUT2D eigenvalue weighted by atomic mass is 16.1. The van der Waals surface area contributed by atoms with Crippen molar-refractivity contribution in [1.82, 2.24) is 9.38 Å². The predicted octanol–water partition coefficient (Wildman–Crippen LogP) is 3.41. The van der Waals surface area contributed by atoms with Crippen LogP contribution >= 0.6 is 0 Å². The van der Waals surface area contributed by atoms with Crippen molar-refractivity contribution in [3.05, 3.63) is 30.1 Å². The Labute approximate surface area is 120 Å². The zero-order chi connectivity index (χ0) is 14.5. The molecule has 0 N–H and O–H groups in total. The summed E-state index contributed by atoms with van der Waals surface area (Å²) < 4.78 is 1.86. The molecule has 0 radical (unpaired) electrons. The summed E-state index contributed by atoms with van der Waals surface area (Å²) in [5.74, 6) is 1.44. The second-order valence-electron chi connectivity index (χ2n) is 5.09. The Morgan fingerprint density at radius 1 is 1.30 bits per heavy atom. The highest BCUT2D eigenvalue weighted by Crippen LogP contribution is 2.22. The molecule has 2 aromatic rings. The van der Waals surface area contributed by atoms with Crippen molar-refractivity contribution in [3.8, 4) is 0 Å². The van der Waals surface area contributed by atoms with Gasteiger partial charge in [-0.25, -0.2) is 4.98 Å². The molecule has 0 aromatic carbocycles. The number of carbonyl (C=O) groups excluding carboxylic acids is 1. The van der Waals surface area contributed by atoms with E-state index in [2.05, 4.69) is 30.7 Å². The van der Waals surface area contributed by atoms with Gasteiger partial charge in [-0.3, -0.25) is 9.20 Å². The Morgan fingerprint density at radius 2 is 2.05 bits per heavy atom. The van der Waals surface area contributed by atoms with Gasteiger partial charge in [0.05, 0.1) is 0 Å². The van der Waals surface area contributed by atoms with Crippen LogP contribution in [0, 0.1) is 5.92 Å². The number of fused-ring (bicyclic) bond motifs is 1. The standard InChI is InChI=1S/C16H23N3O/c1-4-13(5-2)11-18(6-3)16-14(12-20)19-10-8-7-9-15(19)17-16/h7-10,12-13H,4-6,11H2,1-3H3. The molecule has 0 atom stereocenters. The first-order valence-corrected chi connectivity index (χ1v) is 7.42. The molecule has 0 aliphatic carbocycles. The van der Waals surface area contributed by atoms with Gasteiger partial charge in [-0.05, 0) is 25.0 Å². The highest BCUT2D eigenvalue weighted by molar-refractivity contribution is 5.83. The van der Waals surface area contributed by atoms with Crippen LogP contribution in [-0.2, 0) is 0 Å². The van der Waals surface area contributed by atoms with E-state index in [-0.39, 0.29) is 0 Å². The lowest BCUT2D eigenvalue weighted by Gasteiger charge is -2.25. The molecule has 0 unspecified atom stereocenters. The number of anilines is 1.